The fourth-order valence-corrected chi connectivity index (χ4v) is 7.27. The minimum absolute atomic E-state index is 0.0248. The van der Waals surface area contributed by atoms with E-state index in [2.05, 4.69) is 0 Å². The molecule has 1 heterocycles. The molecule has 36 heavy (non-hydrogen) atoms. The Morgan fingerprint density at radius 3 is 2.61 bits per heavy atom. The average molecular weight is 539 g/mol. The van der Waals surface area contributed by atoms with Gasteiger partial charge in [0.1, 0.15) is 27.4 Å². The molecule has 2 aromatic rings. The average Bonchev–Trinajstić information content (AvgIpc) is 2.85. The highest BCUT2D eigenvalue weighted by molar-refractivity contribution is 7.89. The second kappa shape index (κ2) is 11.3. The summed E-state index contributed by atoms with van der Waals surface area (Å²) in [6.07, 6.45) is 2.97. The second-order valence-electron chi connectivity index (χ2n) is 8.88. The Hall–Kier alpha value is -2.44. The molecule has 3 rings (SSSR count). The van der Waals surface area contributed by atoms with E-state index in [-0.39, 0.29) is 41.0 Å². The van der Waals surface area contributed by atoms with E-state index < -0.39 is 38.1 Å². The van der Waals surface area contributed by atoms with Crippen LogP contribution in [0.25, 0.3) is 6.08 Å². The van der Waals surface area contributed by atoms with Gasteiger partial charge in [-0.1, -0.05) is 37.3 Å². The number of nitrogens with zero attached hydrogens (tertiary/aromatic N) is 2. The summed E-state index contributed by atoms with van der Waals surface area (Å²) in [4.78, 5) is 0.00515. The SMILES string of the molecule is C/C=C/c1ccc2c(c1)O[C@H](CN(C)S(=O)(=O)c1ccccc1OC)[C@H](C)CN([C@H](C)CO)S2(=O)=O. The summed E-state index contributed by atoms with van der Waals surface area (Å²) < 4.78 is 67.8. The predicted molar refractivity (Wildman–Crippen MR) is 138 cm³/mol. The van der Waals surface area contributed by atoms with Gasteiger partial charge >= 0.3 is 0 Å². The molecule has 0 saturated heterocycles. The zero-order valence-corrected chi connectivity index (χ0v) is 22.8. The van der Waals surface area contributed by atoms with E-state index >= 15 is 0 Å². The topological polar surface area (TPSA) is 113 Å². The minimum Gasteiger partial charge on any atom is -0.495 e. The van der Waals surface area contributed by atoms with E-state index in [0.717, 1.165) is 5.56 Å². The van der Waals surface area contributed by atoms with Crippen molar-refractivity contribution in [1.82, 2.24) is 8.61 Å². The maximum atomic E-state index is 13.5. The number of hydrogen-bond donors (Lipinski definition) is 1. The molecule has 0 aliphatic carbocycles. The molecule has 2 aromatic carbocycles. The molecule has 198 valence electrons. The van der Waals surface area contributed by atoms with Crippen molar-refractivity contribution >= 4 is 26.1 Å². The molecule has 11 heteroatoms. The number of ether oxygens (including phenoxy) is 2. The van der Waals surface area contributed by atoms with Crippen molar-refractivity contribution in [2.75, 3.05) is 33.9 Å². The lowest BCUT2D eigenvalue weighted by Crippen LogP contribution is -2.50. The van der Waals surface area contributed by atoms with E-state index in [0.29, 0.717) is 0 Å². The fraction of sp³-hybridized carbons (Fsp3) is 0.440. The van der Waals surface area contributed by atoms with Gasteiger partial charge in [0.05, 0.1) is 20.3 Å². The van der Waals surface area contributed by atoms with Crippen LogP contribution < -0.4 is 9.47 Å². The van der Waals surface area contributed by atoms with E-state index in [9.17, 15) is 21.9 Å². The van der Waals surface area contributed by atoms with Crippen molar-refractivity contribution in [3.8, 4) is 11.5 Å². The summed E-state index contributed by atoms with van der Waals surface area (Å²) in [5.74, 6) is -0.0330. The third-order valence-corrected chi connectivity index (χ3v) is 10.1. The van der Waals surface area contributed by atoms with Gasteiger partial charge in [-0.25, -0.2) is 16.8 Å². The van der Waals surface area contributed by atoms with Gasteiger partial charge in [-0.05, 0) is 43.7 Å². The van der Waals surface area contributed by atoms with Gasteiger partial charge < -0.3 is 14.6 Å². The fourth-order valence-electron chi connectivity index (χ4n) is 4.11. The smallest absolute Gasteiger partial charge is 0.247 e. The van der Waals surface area contributed by atoms with Crippen LogP contribution in [0.2, 0.25) is 0 Å². The number of para-hydroxylation sites is 1. The molecule has 1 N–H and O–H groups in total. The number of sulfonamides is 2. The van der Waals surface area contributed by atoms with Crippen LogP contribution >= 0.6 is 0 Å². The molecule has 3 atom stereocenters. The molecule has 0 saturated carbocycles. The molecule has 0 radical (unpaired) electrons. The van der Waals surface area contributed by atoms with Crippen LogP contribution in [0.5, 0.6) is 11.5 Å². The summed E-state index contributed by atoms with van der Waals surface area (Å²) in [6, 6.07) is 10.5. The van der Waals surface area contributed by atoms with Crippen LogP contribution in [-0.4, -0.2) is 76.6 Å². The first-order valence-electron chi connectivity index (χ1n) is 11.6. The molecular weight excluding hydrogens is 504 g/mol. The van der Waals surface area contributed by atoms with Gasteiger partial charge in [-0.2, -0.15) is 8.61 Å². The monoisotopic (exact) mass is 538 g/mol. The van der Waals surface area contributed by atoms with Gasteiger partial charge in [-0.3, -0.25) is 0 Å². The third kappa shape index (κ3) is 5.60. The molecule has 0 aromatic heterocycles. The van der Waals surface area contributed by atoms with E-state index in [1.165, 1.54) is 34.9 Å². The van der Waals surface area contributed by atoms with Crippen LogP contribution in [0.15, 0.2) is 58.3 Å². The number of likely N-dealkylation sites (N-methyl/N-ethyl adjacent to an activating group) is 1. The molecule has 9 nitrogen and oxygen atoms in total. The summed E-state index contributed by atoms with van der Waals surface area (Å²) in [5.41, 5.74) is 0.746. The van der Waals surface area contributed by atoms with E-state index in [1.54, 1.807) is 37.3 Å². The first kappa shape index (κ1) is 28.1. The van der Waals surface area contributed by atoms with Crippen LogP contribution in [0.1, 0.15) is 26.3 Å². The molecule has 1 aliphatic heterocycles. The Kier molecular flexibility index (Phi) is 8.84. The van der Waals surface area contributed by atoms with Gasteiger partial charge in [0.15, 0.2) is 0 Å². The minimum atomic E-state index is -3.98. The summed E-state index contributed by atoms with van der Waals surface area (Å²) >= 11 is 0. The molecule has 0 unspecified atom stereocenters. The normalized spacial score (nSPS) is 21.4. The summed E-state index contributed by atoms with van der Waals surface area (Å²) in [5, 5.41) is 9.78. The molecular formula is C25H34N2O7S2. The maximum Gasteiger partial charge on any atom is 0.247 e. The van der Waals surface area contributed by atoms with Gasteiger partial charge in [0, 0.05) is 25.6 Å². The Morgan fingerprint density at radius 2 is 1.97 bits per heavy atom. The van der Waals surface area contributed by atoms with E-state index in [1.807, 2.05) is 26.0 Å². The standard InChI is InChI=1S/C25H34N2O7S2/c1-6-9-20-12-13-25-22(14-20)34-23(18(2)15-27(19(3)17-28)36(25,31)32)16-26(4)35(29,30)24-11-8-7-10-21(24)33-5/h6-14,18-19,23,28H,15-17H2,1-5H3/b9-6+/t18-,19-,23-/m1/s1. The van der Waals surface area contributed by atoms with Gasteiger partial charge in [0.25, 0.3) is 0 Å². The number of methoxy groups -OCH3 is 1. The Morgan fingerprint density at radius 1 is 1.28 bits per heavy atom. The molecule has 0 spiro atoms. The first-order valence-corrected chi connectivity index (χ1v) is 14.5. The lowest BCUT2D eigenvalue weighted by molar-refractivity contribution is 0.0904. The third-order valence-electron chi connectivity index (χ3n) is 6.24. The zero-order chi connectivity index (χ0) is 26.7. The predicted octanol–water partition coefficient (Wildman–Crippen LogP) is 2.82. The molecule has 0 fully saturated rings. The van der Waals surface area contributed by atoms with Crippen LogP contribution in [-0.2, 0) is 20.0 Å². The quantitative estimate of drug-likeness (QED) is 0.550. The zero-order valence-electron chi connectivity index (χ0n) is 21.2. The van der Waals surface area contributed by atoms with Crippen molar-refractivity contribution in [3.63, 3.8) is 0 Å². The van der Waals surface area contributed by atoms with Crippen molar-refractivity contribution in [2.45, 2.75) is 42.7 Å². The van der Waals surface area contributed by atoms with Crippen molar-refractivity contribution < 1.29 is 31.4 Å². The number of rotatable bonds is 8. The van der Waals surface area contributed by atoms with E-state index in [4.69, 9.17) is 9.47 Å². The van der Waals surface area contributed by atoms with Crippen LogP contribution in [0.3, 0.4) is 0 Å². The van der Waals surface area contributed by atoms with Crippen LogP contribution in [0, 0.1) is 5.92 Å². The summed E-state index contributed by atoms with van der Waals surface area (Å²) in [6.45, 7) is 4.95. The molecule has 1 aliphatic rings. The van der Waals surface area contributed by atoms with Crippen molar-refractivity contribution in [3.05, 3.63) is 54.1 Å². The molecule has 0 bridgehead atoms. The lowest BCUT2D eigenvalue weighted by Gasteiger charge is -2.37. The lowest BCUT2D eigenvalue weighted by atomic mass is 10.0. The Balaban J connectivity index is 2.06. The van der Waals surface area contributed by atoms with Crippen molar-refractivity contribution in [1.29, 1.82) is 0 Å². The number of hydrogen-bond acceptors (Lipinski definition) is 7. The number of fused-ring (bicyclic) bond motifs is 1. The van der Waals surface area contributed by atoms with Gasteiger partial charge in [-0.15, -0.1) is 0 Å². The largest absolute Gasteiger partial charge is 0.495 e. The molecule has 0 amide bonds. The highest BCUT2D eigenvalue weighted by atomic mass is 32.2. The number of aliphatic hydroxyl groups is 1. The number of allylic oxidation sites excluding steroid dienone is 1. The highest BCUT2D eigenvalue weighted by Gasteiger charge is 2.39. The second-order valence-corrected chi connectivity index (χ2v) is 12.8. The van der Waals surface area contributed by atoms with Gasteiger partial charge in [0.2, 0.25) is 20.0 Å². The Labute approximate surface area is 214 Å². The highest BCUT2D eigenvalue weighted by Crippen LogP contribution is 2.35. The first-order chi connectivity index (χ1) is 17.0. The van der Waals surface area contributed by atoms with Crippen LogP contribution in [0.4, 0.5) is 0 Å². The maximum absolute atomic E-state index is 13.5. The number of benzene rings is 2. The summed E-state index contributed by atoms with van der Waals surface area (Å²) in [7, 11) is -5.04. The number of aliphatic hydroxyl groups excluding tert-OH is 1. The Bertz CT molecular complexity index is 1310. The van der Waals surface area contributed by atoms with Crippen molar-refractivity contribution in [2.24, 2.45) is 5.92 Å².